The highest BCUT2D eigenvalue weighted by atomic mass is 16.5. The smallest absolute Gasteiger partial charge is 0.349 e. The predicted molar refractivity (Wildman–Crippen MR) is 115 cm³/mol. The molecule has 0 aliphatic carbocycles. The number of ether oxygens (including phenoxy) is 1. The van der Waals surface area contributed by atoms with Crippen LogP contribution < -0.4 is 20.1 Å². The van der Waals surface area contributed by atoms with Crippen LogP contribution in [0.15, 0.2) is 83.9 Å². The van der Waals surface area contributed by atoms with E-state index < -0.39 is 7.41 Å². The summed E-state index contributed by atoms with van der Waals surface area (Å²) in [5, 5.41) is 13.1. The summed E-state index contributed by atoms with van der Waals surface area (Å²) in [6.45, 7) is 0.635. The van der Waals surface area contributed by atoms with Crippen molar-refractivity contribution < 1.29 is 9.21 Å². The Kier molecular flexibility index (Phi) is 5.26. The normalized spacial score (nSPS) is 10.4. The monoisotopic (exact) mass is 382 g/mol. The second kappa shape index (κ2) is 8.32. The molecule has 0 fully saturated rings. The molecule has 0 bridgehead atoms. The minimum absolute atomic E-state index is 0.203. The van der Waals surface area contributed by atoms with Crippen molar-refractivity contribution in [2.24, 2.45) is 0 Å². The molecule has 6 nitrogen and oxygen atoms in total. The van der Waals surface area contributed by atoms with E-state index in [0.29, 0.717) is 18.0 Å². The molecule has 0 radical (unpaired) electrons. The summed E-state index contributed by atoms with van der Waals surface area (Å²) in [5.74, 6) is 3.42. The molecular weight excluding hydrogens is 363 g/mol. The van der Waals surface area contributed by atoms with Crippen LogP contribution >= 0.6 is 0 Å². The molecule has 0 aliphatic rings. The number of benzene rings is 2. The quantitative estimate of drug-likeness (QED) is 0.503. The topological polar surface area (TPSA) is 81.8 Å². The van der Waals surface area contributed by atoms with Gasteiger partial charge in [0.05, 0.1) is 5.52 Å². The molecule has 0 saturated heterocycles. The third kappa shape index (κ3) is 4.45. The van der Waals surface area contributed by atoms with Gasteiger partial charge in [-0.2, -0.15) is 0 Å². The zero-order valence-electron chi connectivity index (χ0n) is 15.9. The molecule has 2 aromatic carbocycles. The summed E-state index contributed by atoms with van der Waals surface area (Å²) < 4.78 is 7.99. The SMILES string of the molecule is N#C[BH2-][n+]1cccc(CNc2cccc(Oc3cc(=O)[nH]c4ccccc34)c2)c1. The highest BCUT2D eigenvalue weighted by molar-refractivity contribution is 6.35. The third-order valence-corrected chi connectivity index (χ3v) is 4.63. The lowest BCUT2D eigenvalue weighted by Gasteiger charge is -2.11. The zero-order chi connectivity index (χ0) is 20.1. The highest BCUT2D eigenvalue weighted by Gasteiger charge is 2.06. The second-order valence-corrected chi connectivity index (χ2v) is 6.85. The average Bonchev–Trinajstić information content (AvgIpc) is 2.73. The van der Waals surface area contributed by atoms with Crippen molar-refractivity contribution in [1.29, 1.82) is 5.26 Å². The third-order valence-electron chi connectivity index (χ3n) is 4.63. The van der Waals surface area contributed by atoms with Crippen LogP contribution in [0, 0.1) is 11.2 Å². The van der Waals surface area contributed by atoms with E-state index in [2.05, 4.69) is 16.3 Å². The van der Waals surface area contributed by atoms with E-state index in [1.165, 1.54) is 6.07 Å². The Balaban J connectivity index is 1.52. The number of nitriles is 1. The number of hydrogen-bond donors (Lipinski definition) is 2. The Morgan fingerprint density at radius 3 is 2.90 bits per heavy atom. The van der Waals surface area contributed by atoms with Crippen LogP contribution in [0.1, 0.15) is 5.56 Å². The Hall–Kier alpha value is -4.05. The van der Waals surface area contributed by atoms with Gasteiger partial charge in [-0.1, -0.05) is 24.2 Å². The number of nitrogens with zero attached hydrogens (tertiary/aromatic N) is 2. The van der Waals surface area contributed by atoms with Crippen LogP contribution in [0.5, 0.6) is 11.5 Å². The Morgan fingerprint density at radius 2 is 2.00 bits per heavy atom. The van der Waals surface area contributed by atoms with Crippen molar-refractivity contribution in [3.63, 3.8) is 0 Å². The van der Waals surface area contributed by atoms with Crippen molar-refractivity contribution in [3.05, 3.63) is 95.0 Å². The van der Waals surface area contributed by atoms with Crippen molar-refractivity contribution in [2.75, 3.05) is 5.32 Å². The number of nitrogens with one attached hydrogen (secondary N) is 2. The molecule has 7 heteroatoms. The minimum Gasteiger partial charge on any atom is -0.456 e. The van der Waals surface area contributed by atoms with Crippen LogP contribution in [-0.4, -0.2) is 12.4 Å². The number of pyridine rings is 2. The number of aromatic amines is 1. The van der Waals surface area contributed by atoms with Gasteiger partial charge in [-0.15, -0.1) is 0 Å². The largest absolute Gasteiger partial charge is 0.456 e. The van der Waals surface area contributed by atoms with E-state index in [0.717, 1.165) is 22.2 Å². The molecule has 142 valence electrons. The van der Waals surface area contributed by atoms with Gasteiger partial charge in [-0.25, -0.2) is 5.26 Å². The van der Waals surface area contributed by atoms with Crippen molar-refractivity contribution in [3.8, 4) is 17.5 Å². The van der Waals surface area contributed by atoms with E-state index in [4.69, 9.17) is 10.00 Å². The van der Waals surface area contributed by atoms with Gasteiger partial charge in [-0.3, -0.25) is 4.79 Å². The number of H-pyrrole nitrogens is 1. The first-order valence-corrected chi connectivity index (χ1v) is 9.48. The van der Waals surface area contributed by atoms with Crippen LogP contribution in [0.2, 0.25) is 0 Å². The van der Waals surface area contributed by atoms with E-state index in [1.807, 2.05) is 77.5 Å². The van der Waals surface area contributed by atoms with Gasteiger partial charge in [0.1, 0.15) is 23.9 Å². The zero-order valence-corrected chi connectivity index (χ0v) is 15.9. The van der Waals surface area contributed by atoms with Gasteiger partial charge in [0.15, 0.2) is 0 Å². The molecule has 2 heterocycles. The molecule has 29 heavy (non-hydrogen) atoms. The van der Waals surface area contributed by atoms with Gasteiger partial charge < -0.3 is 19.5 Å². The molecule has 0 aliphatic heterocycles. The standard InChI is InChI=1S/C22H19BN4O2/c24-15-23-27-10-4-5-16(14-27)13-25-17-6-3-7-18(11-17)29-21-12-22(28)26-20-9-2-1-8-19(20)21/h1-12,14,25H,13,23H2,(H,26,28). The van der Waals surface area contributed by atoms with Gasteiger partial charge in [0, 0.05) is 35.3 Å². The number of fused-ring (bicyclic) bond motifs is 1. The Bertz CT molecular complexity index is 1260. The van der Waals surface area contributed by atoms with Gasteiger partial charge in [0.2, 0.25) is 0 Å². The number of hydrogen-bond acceptors (Lipinski definition) is 4. The van der Waals surface area contributed by atoms with E-state index in [-0.39, 0.29) is 5.56 Å². The number of aromatic nitrogens is 2. The lowest BCUT2D eigenvalue weighted by atomic mass is 9.98. The number of anilines is 1. The van der Waals surface area contributed by atoms with Gasteiger partial charge in [-0.05, 0) is 36.4 Å². The first-order valence-electron chi connectivity index (χ1n) is 9.48. The molecule has 2 N–H and O–H groups in total. The maximum Gasteiger partial charge on any atom is 0.349 e. The first kappa shape index (κ1) is 18.3. The number of para-hydroxylation sites is 1. The molecule has 4 aromatic rings. The fourth-order valence-electron chi connectivity index (χ4n) is 3.27. The number of rotatable bonds is 6. The Morgan fingerprint density at radius 1 is 1.10 bits per heavy atom. The maximum atomic E-state index is 11.9. The lowest BCUT2D eigenvalue weighted by molar-refractivity contribution is -0.527. The van der Waals surface area contributed by atoms with Crippen molar-refractivity contribution in [1.82, 2.24) is 4.98 Å². The fraction of sp³-hybridized carbons (Fsp3) is 0.0455. The second-order valence-electron chi connectivity index (χ2n) is 6.85. The summed E-state index contributed by atoms with van der Waals surface area (Å²) in [4.78, 5) is 14.7. The van der Waals surface area contributed by atoms with Gasteiger partial charge in [0.25, 0.3) is 5.56 Å². The maximum absolute atomic E-state index is 11.9. The van der Waals surface area contributed by atoms with Gasteiger partial charge >= 0.3 is 7.41 Å². The van der Waals surface area contributed by atoms with E-state index in [1.54, 1.807) is 0 Å². The Labute approximate surface area is 168 Å². The summed E-state index contributed by atoms with van der Waals surface area (Å²) in [7, 11) is -0.793. The molecule has 0 amide bonds. The summed E-state index contributed by atoms with van der Waals surface area (Å²) >= 11 is 0. The summed E-state index contributed by atoms with van der Waals surface area (Å²) in [6, 6.07) is 20.6. The molecule has 0 atom stereocenters. The fourth-order valence-corrected chi connectivity index (χ4v) is 3.27. The highest BCUT2D eigenvalue weighted by Crippen LogP contribution is 2.28. The van der Waals surface area contributed by atoms with E-state index in [9.17, 15) is 4.79 Å². The van der Waals surface area contributed by atoms with Crippen LogP contribution in [-0.2, 0) is 6.54 Å². The van der Waals surface area contributed by atoms with Crippen molar-refractivity contribution >= 4 is 24.0 Å². The van der Waals surface area contributed by atoms with E-state index >= 15 is 0 Å². The minimum atomic E-state index is -0.793. The van der Waals surface area contributed by atoms with Crippen LogP contribution in [0.4, 0.5) is 5.69 Å². The summed E-state index contributed by atoms with van der Waals surface area (Å²) in [5.41, 5.74) is 2.54. The molecule has 0 saturated carbocycles. The summed E-state index contributed by atoms with van der Waals surface area (Å²) in [6.07, 6.45) is 3.92. The first-order chi connectivity index (χ1) is 14.2. The lowest BCUT2D eigenvalue weighted by Crippen LogP contribution is -2.38. The average molecular weight is 382 g/mol. The molecule has 0 unspecified atom stereocenters. The molecule has 4 rings (SSSR count). The predicted octanol–water partition coefficient (Wildman–Crippen LogP) is 2.63. The van der Waals surface area contributed by atoms with Crippen LogP contribution in [0.25, 0.3) is 10.9 Å². The molecular formula is C22H19BN4O2. The van der Waals surface area contributed by atoms with Crippen molar-refractivity contribution in [2.45, 2.75) is 6.54 Å². The van der Waals surface area contributed by atoms with Crippen LogP contribution in [0.3, 0.4) is 0 Å². The molecule has 2 aromatic heterocycles. The molecule has 0 spiro atoms.